The van der Waals surface area contributed by atoms with Gasteiger partial charge in [0.15, 0.2) is 0 Å². The zero-order chi connectivity index (χ0) is 15.9. The van der Waals surface area contributed by atoms with E-state index in [-0.39, 0.29) is 6.09 Å². The Hall–Kier alpha value is -1.07. The minimum absolute atomic E-state index is 0.346. The van der Waals surface area contributed by atoms with Gasteiger partial charge in [-0.15, -0.1) is 11.3 Å². The van der Waals surface area contributed by atoms with Gasteiger partial charge in [0.1, 0.15) is 5.60 Å². The molecule has 0 spiro atoms. The molecule has 1 aromatic rings. The van der Waals surface area contributed by atoms with Crippen LogP contribution in [0.5, 0.6) is 0 Å². The molecule has 0 aliphatic carbocycles. The van der Waals surface area contributed by atoms with Gasteiger partial charge in [-0.3, -0.25) is 0 Å². The lowest BCUT2D eigenvalue weighted by Crippen LogP contribution is -2.34. The minimum atomic E-state index is -0.440. The molecule has 0 saturated carbocycles. The topological polar surface area (TPSA) is 50.4 Å². The first-order chi connectivity index (χ1) is 9.79. The van der Waals surface area contributed by atoms with Crippen LogP contribution in [0.1, 0.15) is 52.0 Å². The molecule has 1 heterocycles. The van der Waals surface area contributed by atoms with E-state index in [0.717, 1.165) is 13.0 Å². The summed E-state index contributed by atoms with van der Waals surface area (Å²) in [7, 11) is 0. The van der Waals surface area contributed by atoms with Crippen LogP contribution in [0.4, 0.5) is 4.79 Å². The van der Waals surface area contributed by atoms with Gasteiger partial charge < -0.3 is 15.4 Å². The molecule has 0 bridgehead atoms. The van der Waals surface area contributed by atoms with Crippen LogP contribution in [-0.4, -0.2) is 24.8 Å². The maximum Gasteiger partial charge on any atom is 0.407 e. The summed E-state index contributed by atoms with van der Waals surface area (Å²) >= 11 is 1.78. The fraction of sp³-hybridized carbons (Fsp3) is 0.688. The zero-order valence-electron chi connectivity index (χ0n) is 13.7. The first kappa shape index (κ1) is 18.0. The van der Waals surface area contributed by atoms with Crippen molar-refractivity contribution < 1.29 is 9.53 Å². The highest BCUT2D eigenvalue weighted by atomic mass is 32.1. The highest BCUT2D eigenvalue weighted by molar-refractivity contribution is 7.10. The van der Waals surface area contributed by atoms with Gasteiger partial charge in [0.05, 0.1) is 0 Å². The number of carbonyl (C=O) groups excluding carboxylic acids is 1. The fourth-order valence-corrected chi connectivity index (χ4v) is 2.96. The molecule has 1 atom stereocenters. The van der Waals surface area contributed by atoms with Crippen molar-refractivity contribution in [1.82, 2.24) is 10.6 Å². The molecule has 2 N–H and O–H groups in total. The Bertz CT molecular complexity index is 410. The van der Waals surface area contributed by atoms with Crippen LogP contribution in [0, 0.1) is 5.92 Å². The molecular formula is C16H28N2O2S. The van der Waals surface area contributed by atoms with E-state index in [1.54, 1.807) is 11.3 Å². The van der Waals surface area contributed by atoms with Crippen molar-refractivity contribution in [2.45, 2.75) is 52.7 Å². The SMILES string of the molecule is CC(C)C(NCCCNC(=O)OC(C)(C)C)c1cccs1. The molecule has 4 nitrogen and oxygen atoms in total. The van der Waals surface area contributed by atoms with Crippen LogP contribution >= 0.6 is 11.3 Å². The van der Waals surface area contributed by atoms with Crippen LogP contribution in [0.2, 0.25) is 0 Å². The molecule has 0 aliphatic heterocycles. The molecule has 0 saturated heterocycles. The summed E-state index contributed by atoms with van der Waals surface area (Å²) < 4.78 is 5.19. The van der Waals surface area contributed by atoms with Crippen molar-refractivity contribution in [2.75, 3.05) is 13.1 Å². The second kappa shape index (κ2) is 8.39. The van der Waals surface area contributed by atoms with E-state index in [1.165, 1.54) is 4.88 Å². The third-order valence-corrected chi connectivity index (χ3v) is 3.86. The highest BCUT2D eigenvalue weighted by Gasteiger charge is 2.17. The Morgan fingerprint density at radius 2 is 2.05 bits per heavy atom. The Morgan fingerprint density at radius 1 is 1.33 bits per heavy atom. The molecule has 120 valence electrons. The molecule has 1 aromatic heterocycles. The molecule has 0 radical (unpaired) electrons. The maximum atomic E-state index is 11.5. The third-order valence-electron chi connectivity index (χ3n) is 2.90. The van der Waals surface area contributed by atoms with Gasteiger partial charge >= 0.3 is 6.09 Å². The average molecular weight is 312 g/mol. The fourth-order valence-electron chi connectivity index (χ4n) is 1.98. The van der Waals surface area contributed by atoms with Gasteiger partial charge in [0.2, 0.25) is 0 Å². The first-order valence-electron chi connectivity index (χ1n) is 7.53. The molecular weight excluding hydrogens is 284 g/mol. The lowest BCUT2D eigenvalue weighted by Gasteiger charge is -2.22. The van der Waals surface area contributed by atoms with Gasteiger partial charge in [-0.25, -0.2) is 4.79 Å². The molecule has 1 rings (SSSR count). The molecule has 0 aromatic carbocycles. The number of amides is 1. The van der Waals surface area contributed by atoms with Crippen molar-refractivity contribution in [3.8, 4) is 0 Å². The van der Waals surface area contributed by atoms with E-state index in [4.69, 9.17) is 4.74 Å². The summed E-state index contributed by atoms with van der Waals surface area (Å²) in [5.74, 6) is 0.544. The number of thiophene rings is 1. The monoisotopic (exact) mass is 312 g/mol. The Balaban J connectivity index is 2.22. The van der Waals surface area contributed by atoms with Crippen LogP contribution < -0.4 is 10.6 Å². The summed E-state index contributed by atoms with van der Waals surface area (Å²) in [6.45, 7) is 11.5. The summed E-state index contributed by atoms with van der Waals surface area (Å²) in [5, 5.41) is 8.45. The Morgan fingerprint density at radius 3 is 2.57 bits per heavy atom. The standard InChI is InChI=1S/C16H28N2O2S/c1-12(2)14(13-8-6-11-21-13)17-9-7-10-18-15(19)20-16(3,4)5/h6,8,11-12,14,17H,7,9-10H2,1-5H3,(H,18,19). The third kappa shape index (κ3) is 7.48. The quantitative estimate of drug-likeness (QED) is 0.750. The largest absolute Gasteiger partial charge is 0.444 e. The Kier molecular flexibility index (Phi) is 7.18. The van der Waals surface area contributed by atoms with Crippen molar-refractivity contribution >= 4 is 17.4 Å². The predicted molar refractivity (Wildman–Crippen MR) is 88.8 cm³/mol. The van der Waals surface area contributed by atoms with E-state index in [9.17, 15) is 4.79 Å². The number of carbonyl (C=O) groups is 1. The second-order valence-corrected chi connectivity index (χ2v) is 7.45. The maximum absolute atomic E-state index is 11.5. The van der Waals surface area contributed by atoms with E-state index in [2.05, 4.69) is 42.0 Å². The number of rotatable bonds is 7. The first-order valence-corrected chi connectivity index (χ1v) is 8.41. The molecule has 5 heteroatoms. The van der Waals surface area contributed by atoms with Gasteiger partial charge in [-0.05, 0) is 51.1 Å². The Labute approximate surface area is 132 Å². The molecule has 0 fully saturated rings. The smallest absolute Gasteiger partial charge is 0.407 e. The van der Waals surface area contributed by atoms with E-state index in [0.29, 0.717) is 18.5 Å². The van der Waals surface area contributed by atoms with Gasteiger partial charge in [0.25, 0.3) is 0 Å². The number of ether oxygens (including phenoxy) is 1. The summed E-state index contributed by atoms with van der Waals surface area (Å²) in [6.07, 6.45) is 0.537. The van der Waals surface area contributed by atoms with Gasteiger partial charge in [-0.1, -0.05) is 19.9 Å². The molecule has 21 heavy (non-hydrogen) atoms. The van der Waals surface area contributed by atoms with Gasteiger partial charge in [-0.2, -0.15) is 0 Å². The van der Waals surface area contributed by atoms with Crippen molar-refractivity contribution in [3.05, 3.63) is 22.4 Å². The van der Waals surface area contributed by atoms with E-state index < -0.39 is 5.60 Å². The van der Waals surface area contributed by atoms with Crippen LogP contribution in [0.25, 0.3) is 0 Å². The summed E-state index contributed by atoms with van der Waals surface area (Å²) in [6, 6.07) is 4.63. The number of alkyl carbamates (subject to hydrolysis) is 1. The van der Waals surface area contributed by atoms with Crippen LogP contribution in [0.3, 0.4) is 0 Å². The average Bonchev–Trinajstić information content (AvgIpc) is 2.84. The predicted octanol–water partition coefficient (Wildman–Crippen LogP) is 3.95. The van der Waals surface area contributed by atoms with Crippen LogP contribution in [0.15, 0.2) is 17.5 Å². The summed E-state index contributed by atoms with van der Waals surface area (Å²) in [4.78, 5) is 12.9. The normalized spacial score (nSPS) is 13.2. The lowest BCUT2D eigenvalue weighted by atomic mass is 10.0. The lowest BCUT2D eigenvalue weighted by molar-refractivity contribution is 0.0527. The zero-order valence-corrected chi connectivity index (χ0v) is 14.5. The van der Waals surface area contributed by atoms with Crippen molar-refractivity contribution in [3.63, 3.8) is 0 Å². The number of nitrogens with one attached hydrogen (secondary N) is 2. The van der Waals surface area contributed by atoms with E-state index in [1.807, 2.05) is 20.8 Å². The van der Waals surface area contributed by atoms with Crippen LogP contribution in [-0.2, 0) is 4.74 Å². The van der Waals surface area contributed by atoms with E-state index >= 15 is 0 Å². The van der Waals surface area contributed by atoms with Crippen molar-refractivity contribution in [2.24, 2.45) is 5.92 Å². The second-order valence-electron chi connectivity index (χ2n) is 6.47. The van der Waals surface area contributed by atoms with Gasteiger partial charge in [0, 0.05) is 17.5 Å². The number of hydrogen-bond donors (Lipinski definition) is 2. The summed E-state index contributed by atoms with van der Waals surface area (Å²) in [5.41, 5.74) is -0.440. The molecule has 0 aliphatic rings. The molecule has 1 amide bonds. The molecule has 1 unspecified atom stereocenters. The minimum Gasteiger partial charge on any atom is -0.444 e. The highest BCUT2D eigenvalue weighted by Crippen LogP contribution is 2.25. The van der Waals surface area contributed by atoms with Crippen molar-refractivity contribution in [1.29, 1.82) is 0 Å². The number of hydrogen-bond acceptors (Lipinski definition) is 4.